The highest BCUT2D eigenvalue weighted by atomic mass is 16.5. The monoisotopic (exact) mass is 372 g/mol. The maximum Gasteiger partial charge on any atom is 0.335 e. The molecule has 29 heavy (non-hydrogen) atoms. The SMILES string of the molecule is C=CC(=O)Oc1cccc2c1c1c(c3ccccc32)-c2cccc3cccc-1c23. The molecular formula is C27H16O2. The normalized spacial score (nSPS) is 11.7. The maximum absolute atomic E-state index is 12.1. The Morgan fingerprint density at radius 1 is 0.690 bits per heavy atom. The van der Waals surface area contributed by atoms with Gasteiger partial charge in [-0.3, -0.25) is 0 Å². The van der Waals surface area contributed by atoms with Crippen LogP contribution < -0.4 is 4.74 Å². The van der Waals surface area contributed by atoms with Gasteiger partial charge < -0.3 is 4.74 Å². The molecule has 0 radical (unpaired) electrons. The summed E-state index contributed by atoms with van der Waals surface area (Å²) >= 11 is 0. The Hall–Kier alpha value is -3.91. The van der Waals surface area contributed by atoms with Gasteiger partial charge in [0.15, 0.2) is 0 Å². The van der Waals surface area contributed by atoms with Crippen LogP contribution in [0.5, 0.6) is 5.75 Å². The van der Waals surface area contributed by atoms with Crippen LogP contribution in [0, 0.1) is 0 Å². The molecule has 0 spiro atoms. The molecule has 136 valence electrons. The van der Waals surface area contributed by atoms with Gasteiger partial charge >= 0.3 is 5.97 Å². The third kappa shape index (κ3) is 2.08. The van der Waals surface area contributed by atoms with Gasteiger partial charge in [-0.15, -0.1) is 0 Å². The van der Waals surface area contributed by atoms with Crippen molar-refractivity contribution in [1.29, 1.82) is 0 Å². The molecule has 0 aromatic heterocycles. The molecule has 2 nitrogen and oxygen atoms in total. The molecule has 0 N–H and O–H groups in total. The predicted molar refractivity (Wildman–Crippen MR) is 119 cm³/mol. The maximum atomic E-state index is 12.1. The number of esters is 1. The topological polar surface area (TPSA) is 26.3 Å². The summed E-state index contributed by atoms with van der Waals surface area (Å²) in [7, 11) is 0. The van der Waals surface area contributed by atoms with Crippen LogP contribution in [0.1, 0.15) is 0 Å². The number of carbonyl (C=O) groups excluding carboxylic acids is 1. The lowest BCUT2D eigenvalue weighted by Crippen LogP contribution is -2.04. The summed E-state index contributed by atoms with van der Waals surface area (Å²) in [5, 5.41) is 6.90. The molecule has 1 aliphatic rings. The second-order valence-corrected chi connectivity index (χ2v) is 7.31. The summed E-state index contributed by atoms with van der Waals surface area (Å²) in [5.74, 6) is 0.118. The molecule has 6 rings (SSSR count). The molecule has 5 aromatic carbocycles. The average molecular weight is 372 g/mol. The van der Waals surface area contributed by atoms with Crippen molar-refractivity contribution in [3.63, 3.8) is 0 Å². The Kier molecular flexibility index (Phi) is 3.21. The first-order valence-electron chi connectivity index (χ1n) is 9.62. The van der Waals surface area contributed by atoms with Crippen molar-refractivity contribution in [3.05, 3.63) is 91.5 Å². The van der Waals surface area contributed by atoms with E-state index in [1.165, 1.54) is 38.9 Å². The number of fused-ring (bicyclic) bond motifs is 8. The minimum Gasteiger partial charge on any atom is -0.423 e. The van der Waals surface area contributed by atoms with Gasteiger partial charge in [0.1, 0.15) is 5.75 Å². The molecule has 0 bridgehead atoms. The van der Waals surface area contributed by atoms with Crippen molar-refractivity contribution < 1.29 is 9.53 Å². The summed E-state index contributed by atoms with van der Waals surface area (Å²) in [6.07, 6.45) is 1.20. The minimum atomic E-state index is -0.451. The van der Waals surface area contributed by atoms with Crippen molar-refractivity contribution in [2.45, 2.75) is 0 Å². The van der Waals surface area contributed by atoms with E-state index in [0.717, 1.165) is 21.7 Å². The standard InChI is InChI=1S/C27H16O2/c1-2-23(28)29-22-15-7-12-19-17-10-3-4-11-18(17)25-20-13-5-8-16-9-6-14-21(24(16)20)27(25)26(19)22/h2-15H,1H2. The summed E-state index contributed by atoms with van der Waals surface area (Å²) in [6, 6.07) is 27.2. The molecule has 0 saturated carbocycles. The zero-order chi connectivity index (χ0) is 19.5. The van der Waals surface area contributed by atoms with Crippen molar-refractivity contribution in [1.82, 2.24) is 0 Å². The van der Waals surface area contributed by atoms with Gasteiger partial charge in [0.2, 0.25) is 0 Å². The van der Waals surface area contributed by atoms with Gasteiger partial charge in [0.25, 0.3) is 0 Å². The lowest BCUT2D eigenvalue weighted by atomic mass is 9.90. The molecule has 0 fully saturated rings. The first-order valence-corrected chi connectivity index (χ1v) is 9.62. The fraction of sp³-hybridized carbons (Fsp3) is 0. The van der Waals surface area contributed by atoms with Gasteiger partial charge in [-0.25, -0.2) is 4.79 Å². The molecular weight excluding hydrogens is 356 g/mol. The third-order valence-electron chi connectivity index (χ3n) is 5.83. The van der Waals surface area contributed by atoms with Crippen LogP contribution in [0.2, 0.25) is 0 Å². The van der Waals surface area contributed by atoms with Crippen LogP contribution in [0.4, 0.5) is 0 Å². The fourth-order valence-electron chi connectivity index (χ4n) is 4.75. The van der Waals surface area contributed by atoms with Crippen molar-refractivity contribution in [2.75, 3.05) is 0 Å². The molecule has 0 unspecified atom stereocenters. The largest absolute Gasteiger partial charge is 0.423 e. The van der Waals surface area contributed by atoms with Gasteiger partial charge in [0, 0.05) is 17.0 Å². The Labute approximate surface area is 167 Å². The average Bonchev–Trinajstić information content (AvgIpc) is 3.11. The number of benzene rings is 5. The second-order valence-electron chi connectivity index (χ2n) is 7.31. The molecule has 2 heteroatoms. The second kappa shape index (κ2) is 5.79. The Bertz CT molecular complexity index is 1500. The number of hydrogen-bond acceptors (Lipinski definition) is 2. The Balaban J connectivity index is 1.89. The van der Waals surface area contributed by atoms with E-state index in [2.05, 4.69) is 73.3 Å². The smallest absolute Gasteiger partial charge is 0.335 e. The quantitative estimate of drug-likeness (QED) is 0.143. The molecule has 1 aliphatic carbocycles. The first kappa shape index (κ1) is 16.1. The number of carbonyl (C=O) groups is 1. The summed E-state index contributed by atoms with van der Waals surface area (Å²) in [4.78, 5) is 12.1. The highest BCUT2D eigenvalue weighted by molar-refractivity contribution is 6.31. The molecule has 0 atom stereocenters. The third-order valence-corrected chi connectivity index (χ3v) is 5.83. The lowest BCUT2D eigenvalue weighted by Gasteiger charge is -2.16. The summed E-state index contributed by atoms with van der Waals surface area (Å²) in [6.45, 7) is 3.55. The summed E-state index contributed by atoms with van der Waals surface area (Å²) in [5.41, 5.74) is 4.77. The Morgan fingerprint density at radius 3 is 2.10 bits per heavy atom. The lowest BCUT2D eigenvalue weighted by molar-refractivity contribution is -0.128. The van der Waals surface area contributed by atoms with Crippen LogP contribution in [-0.2, 0) is 4.79 Å². The highest BCUT2D eigenvalue weighted by Crippen LogP contribution is 2.55. The molecule has 0 amide bonds. The van der Waals surface area contributed by atoms with Gasteiger partial charge in [-0.05, 0) is 49.7 Å². The first-order chi connectivity index (χ1) is 14.3. The minimum absolute atomic E-state index is 0.451. The number of rotatable bonds is 2. The summed E-state index contributed by atoms with van der Waals surface area (Å²) < 4.78 is 5.69. The van der Waals surface area contributed by atoms with E-state index >= 15 is 0 Å². The van der Waals surface area contributed by atoms with Crippen LogP contribution in [0.3, 0.4) is 0 Å². The Morgan fingerprint density at radius 2 is 1.34 bits per heavy atom. The van der Waals surface area contributed by atoms with Gasteiger partial charge in [0.05, 0.1) is 0 Å². The van der Waals surface area contributed by atoms with E-state index in [4.69, 9.17) is 4.74 Å². The van der Waals surface area contributed by atoms with E-state index in [-0.39, 0.29) is 0 Å². The molecule has 0 aliphatic heterocycles. The molecule has 5 aromatic rings. The molecule has 0 saturated heterocycles. The van der Waals surface area contributed by atoms with Crippen LogP contribution in [0.15, 0.2) is 91.5 Å². The van der Waals surface area contributed by atoms with Crippen molar-refractivity contribution in [3.8, 4) is 28.0 Å². The number of ether oxygens (including phenoxy) is 1. The van der Waals surface area contributed by atoms with E-state index in [9.17, 15) is 4.79 Å². The highest BCUT2D eigenvalue weighted by Gasteiger charge is 2.27. The van der Waals surface area contributed by atoms with Gasteiger partial charge in [-0.1, -0.05) is 79.4 Å². The van der Waals surface area contributed by atoms with Crippen molar-refractivity contribution in [2.24, 2.45) is 0 Å². The zero-order valence-corrected chi connectivity index (χ0v) is 15.6. The van der Waals surface area contributed by atoms with Crippen LogP contribution >= 0.6 is 0 Å². The van der Waals surface area contributed by atoms with E-state index in [1.54, 1.807) is 0 Å². The fourth-order valence-corrected chi connectivity index (χ4v) is 4.75. The van der Waals surface area contributed by atoms with E-state index in [0.29, 0.717) is 5.75 Å². The molecule has 0 heterocycles. The van der Waals surface area contributed by atoms with Crippen molar-refractivity contribution >= 4 is 38.3 Å². The predicted octanol–water partition coefficient (Wildman–Crippen LogP) is 6.89. The number of hydrogen-bond donors (Lipinski definition) is 0. The van der Waals surface area contributed by atoms with Crippen LogP contribution in [-0.4, -0.2) is 5.97 Å². The van der Waals surface area contributed by atoms with E-state index in [1.807, 2.05) is 12.1 Å². The van der Waals surface area contributed by atoms with Crippen LogP contribution in [0.25, 0.3) is 54.6 Å². The van der Waals surface area contributed by atoms with E-state index < -0.39 is 5.97 Å². The van der Waals surface area contributed by atoms with Gasteiger partial charge in [-0.2, -0.15) is 0 Å². The zero-order valence-electron chi connectivity index (χ0n) is 15.6.